The highest BCUT2D eigenvalue weighted by Gasteiger charge is 2.39. The molecule has 3 fully saturated rings. The van der Waals surface area contributed by atoms with Crippen LogP contribution >= 0.6 is 0 Å². The van der Waals surface area contributed by atoms with Crippen molar-refractivity contribution in [1.82, 2.24) is 24.5 Å². The molecule has 3 saturated heterocycles. The lowest BCUT2D eigenvalue weighted by Crippen LogP contribution is -2.58. The van der Waals surface area contributed by atoms with E-state index in [-0.39, 0.29) is 24.3 Å². The number of hydrogen-bond acceptors (Lipinski definition) is 8. The van der Waals surface area contributed by atoms with Gasteiger partial charge in [0.2, 0.25) is 0 Å². The van der Waals surface area contributed by atoms with Crippen molar-refractivity contribution in [2.45, 2.75) is 44.9 Å². The van der Waals surface area contributed by atoms with Crippen molar-refractivity contribution in [3.63, 3.8) is 0 Å². The van der Waals surface area contributed by atoms with E-state index in [0.717, 1.165) is 39.0 Å². The van der Waals surface area contributed by atoms with Crippen LogP contribution < -0.4 is 0 Å². The molecule has 0 aromatic rings. The molecule has 0 spiro atoms. The predicted molar refractivity (Wildman–Crippen MR) is 119 cm³/mol. The van der Waals surface area contributed by atoms with E-state index >= 15 is 0 Å². The lowest BCUT2D eigenvalue weighted by atomic mass is 10.0. The normalized spacial score (nSPS) is 26.9. The molecule has 9 nitrogen and oxygen atoms in total. The highest BCUT2D eigenvalue weighted by Crippen LogP contribution is 2.23. The van der Waals surface area contributed by atoms with Crippen molar-refractivity contribution < 1.29 is 19.1 Å². The zero-order chi connectivity index (χ0) is 22.2. The van der Waals surface area contributed by atoms with Crippen molar-refractivity contribution in [3.05, 3.63) is 0 Å². The van der Waals surface area contributed by atoms with Gasteiger partial charge in [-0.1, -0.05) is 13.3 Å². The molecule has 9 heteroatoms. The number of likely N-dealkylation sites (N-methyl/N-ethyl adjacent to an activating group) is 1. The topological polar surface area (TPSA) is 68.8 Å². The molecule has 3 heterocycles. The van der Waals surface area contributed by atoms with Gasteiger partial charge in [0.15, 0.2) is 6.23 Å². The summed E-state index contributed by atoms with van der Waals surface area (Å²) in [5, 5.41) is 0. The fourth-order valence-corrected chi connectivity index (χ4v) is 4.95. The molecule has 3 aliphatic rings. The number of cyclic esters (lactones) is 1. The first kappa shape index (κ1) is 24.2. The van der Waals surface area contributed by atoms with E-state index in [2.05, 4.69) is 26.5 Å². The summed E-state index contributed by atoms with van der Waals surface area (Å²) in [6.45, 7) is 12.7. The number of rotatable bonds is 10. The summed E-state index contributed by atoms with van der Waals surface area (Å²) >= 11 is 0. The molecule has 0 aliphatic carbocycles. The van der Waals surface area contributed by atoms with Crippen molar-refractivity contribution >= 4 is 12.1 Å². The summed E-state index contributed by atoms with van der Waals surface area (Å²) in [7, 11) is 3.22. The van der Waals surface area contributed by atoms with Crippen molar-refractivity contribution in [1.29, 1.82) is 0 Å². The number of carbonyl (C=O) groups is 2. The Labute approximate surface area is 187 Å². The molecule has 0 aromatic carbocycles. The average molecular weight is 440 g/mol. The molecule has 178 valence electrons. The highest BCUT2D eigenvalue weighted by atomic mass is 16.6. The Morgan fingerprint density at radius 2 is 1.68 bits per heavy atom. The highest BCUT2D eigenvalue weighted by molar-refractivity contribution is 5.71. The van der Waals surface area contributed by atoms with Gasteiger partial charge < -0.3 is 24.2 Å². The largest absolute Gasteiger partial charge is 0.468 e. The van der Waals surface area contributed by atoms with Crippen LogP contribution in [0.1, 0.15) is 32.6 Å². The second-order valence-electron chi connectivity index (χ2n) is 9.10. The Bertz CT molecular complexity index is 584. The zero-order valence-corrected chi connectivity index (χ0v) is 19.6. The minimum atomic E-state index is -0.247. The third-order valence-electron chi connectivity index (χ3n) is 6.81. The number of esters is 1. The molecule has 31 heavy (non-hydrogen) atoms. The van der Waals surface area contributed by atoms with Crippen LogP contribution in [0.4, 0.5) is 4.79 Å². The summed E-state index contributed by atoms with van der Waals surface area (Å²) in [5.74, 6) is -0.193. The number of carbonyl (C=O) groups excluding carboxylic acids is 2. The van der Waals surface area contributed by atoms with Gasteiger partial charge in [-0.05, 0) is 32.4 Å². The van der Waals surface area contributed by atoms with E-state index in [1.54, 1.807) is 11.9 Å². The Morgan fingerprint density at radius 3 is 2.29 bits per heavy atom. The van der Waals surface area contributed by atoms with E-state index in [1.807, 2.05) is 0 Å². The average Bonchev–Trinajstić information content (AvgIpc) is 3.10. The molecule has 3 rings (SSSR count). The lowest BCUT2D eigenvalue weighted by Gasteiger charge is -2.43. The number of amides is 1. The number of hydrogen-bond donors (Lipinski definition) is 0. The maximum atomic E-state index is 11.9. The van der Waals surface area contributed by atoms with Crippen molar-refractivity contribution in [2.75, 3.05) is 86.1 Å². The second-order valence-corrected chi connectivity index (χ2v) is 9.10. The van der Waals surface area contributed by atoms with E-state index in [1.165, 1.54) is 52.7 Å². The molecule has 3 aliphatic heterocycles. The van der Waals surface area contributed by atoms with Gasteiger partial charge in [-0.25, -0.2) is 4.79 Å². The lowest BCUT2D eigenvalue weighted by molar-refractivity contribution is -0.143. The molecule has 0 N–H and O–H groups in total. The minimum absolute atomic E-state index is 0.186. The van der Waals surface area contributed by atoms with Crippen molar-refractivity contribution in [3.8, 4) is 0 Å². The molecule has 1 amide bonds. The number of methoxy groups -OCH3 is 1. The van der Waals surface area contributed by atoms with E-state index in [0.29, 0.717) is 13.1 Å². The van der Waals surface area contributed by atoms with Gasteiger partial charge in [-0.15, -0.1) is 0 Å². The predicted octanol–water partition coefficient (Wildman–Crippen LogP) is 0.752. The summed E-state index contributed by atoms with van der Waals surface area (Å²) in [4.78, 5) is 34.9. The van der Waals surface area contributed by atoms with Gasteiger partial charge in [0.25, 0.3) is 0 Å². The molecule has 0 aromatic heterocycles. The monoisotopic (exact) mass is 439 g/mol. The van der Waals surface area contributed by atoms with Crippen LogP contribution in [0.5, 0.6) is 0 Å². The zero-order valence-electron chi connectivity index (χ0n) is 19.6. The SMILES string of the molecule is CCCN1CCN(CCCCC2CN(CC(=O)OC)CCN2C2CN(C)C(=O)O2)CC1. The quantitative estimate of drug-likeness (QED) is 0.365. The standard InChI is InChI=1S/C22H41N5O4/c1-4-8-24-10-12-25(13-11-24)9-6-5-7-19-16-26(18-21(28)30-3)14-15-27(19)20-17-23(2)22(29)31-20/h19-20H,4-18H2,1-3H3. The number of unbranched alkanes of at least 4 members (excludes halogenated alkanes) is 1. The molecule has 0 bridgehead atoms. The first-order chi connectivity index (χ1) is 15.0. The van der Waals surface area contributed by atoms with E-state index < -0.39 is 0 Å². The first-order valence-electron chi connectivity index (χ1n) is 11.9. The van der Waals surface area contributed by atoms with Gasteiger partial charge in [0, 0.05) is 58.9 Å². The number of ether oxygens (including phenoxy) is 2. The Hall–Kier alpha value is -1.42. The third-order valence-corrected chi connectivity index (χ3v) is 6.81. The summed E-state index contributed by atoms with van der Waals surface area (Å²) in [6, 6.07) is 0.282. The number of piperazine rings is 2. The first-order valence-corrected chi connectivity index (χ1v) is 11.9. The molecular weight excluding hydrogens is 398 g/mol. The van der Waals surface area contributed by atoms with Gasteiger partial charge in [-0.2, -0.15) is 0 Å². The van der Waals surface area contributed by atoms with Gasteiger partial charge >= 0.3 is 12.1 Å². The van der Waals surface area contributed by atoms with Crippen molar-refractivity contribution in [2.24, 2.45) is 0 Å². The Kier molecular flexibility index (Phi) is 9.37. The smallest absolute Gasteiger partial charge is 0.411 e. The summed E-state index contributed by atoms with van der Waals surface area (Å²) in [5.41, 5.74) is 0. The second kappa shape index (κ2) is 12.0. The van der Waals surface area contributed by atoms with E-state index in [9.17, 15) is 9.59 Å². The van der Waals surface area contributed by atoms with Crippen LogP contribution in [0, 0.1) is 0 Å². The van der Waals surface area contributed by atoms with Gasteiger partial charge in [0.05, 0.1) is 20.2 Å². The molecule has 2 unspecified atom stereocenters. The van der Waals surface area contributed by atoms with Crippen LogP contribution in [0.2, 0.25) is 0 Å². The van der Waals surface area contributed by atoms with Gasteiger partial charge in [-0.3, -0.25) is 14.6 Å². The fourth-order valence-electron chi connectivity index (χ4n) is 4.95. The van der Waals surface area contributed by atoms with Crippen LogP contribution in [-0.4, -0.2) is 135 Å². The van der Waals surface area contributed by atoms with Crippen LogP contribution in [-0.2, 0) is 14.3 Å². The minimum Gasteiger partial charge on any atom is -0.468 e. The number of nitrogens with zero attached hydrogens (tertiary/aromatic N) is 5. The Balaban J connectivity index is 1.46. The molecule has 0 radical (unpaired) electrons. The van der Waals surface area contributed by atoms with Crippen LogP contribution in [0.25, 0.3) is 0 Å². The molecule has 0 saturated carbocycles. The van der Waals surface area contributed by atoms with Gasteiger partial charge in [0.1, 0.15) is 0 Å². The third kappa shape index (κ3) is 7.03. The van der Waals surface area contributed by atoms with E-state index in [4.69, 9.17) is 9.47 Å². The maximum absolute atomic E-state index is 11.9. The van der Waals surface area contributed by atoms with Crippen LogP contribution in [0.3, 0.4) is 0 Å². The molecular formula is C22H41N5O4. The van der Waals surface area contributed by atoms with Crippen LogP contribution in [0.15, 0.2) is 0 Å². The maximum Gasteiger partial charge on any atom is 0.411 e. The Morgan fingerprint density at radius 1 is 1.00 bits per heavy atom. The summed E-state index contributed by atoms with van der Waals surface area (Å²) in [6.07, 6.45) is 4.16. The fraction of sp³-hybridized carbons (Fsp3) is 0.909. The molecule has 2 atom stereocenters. The summed E-state index contributed by atoms with van der Waals surface area (Å²) < 4.78 is 10.5.